The van der Waals surface area contributed by atoms with Crippen molar-refractivity contribution in [2.45, 2.75) is 49.9 Å². The SMILES string of the molecule is NC(Cc1ccc(O)cc1)C(=O)NC(Cc1cnc[nH]1)C(=O)NC(CC(=O)O)C(=O)NC(Cc1cnc[nH]1)C(=O)O. The summed E-state index contributed by atoms with van der Waals surface area (Å²) in [7, 11) is 0. The zero-order valence-corrected chi connectivity index (χ0v) is 21.6. The average Bonchev–Trinajstić information content (AvgIpc) is 3.63. The number of imidazole rings is 2. The fraction of sp³-hybridized carbons (Fsp3) is 0.320. The van der Waals surface area contributed by atoms with Crippen molar-refractivity contribution < 1.29 is 39.3 Å². The number of benzene rings is 1. The number of amides is 3. The molecular formula is C25H30N8O8. The number of carboxylic acids is 2. The number of rotatable bonds is 15. The Morgan fingerprint density at radius 1 is 0.756 bits per heavy atom. The van der Waals surface area contributed by atoms with Crippen molar-refractivity contribution >= 4 is 29.7 Å². The highest BCUT2D eigenvalue weighted by Crippen LogP contribution is 2.11. The predicted octanol–water partition coefficient (Wildman–Crippen LogP) is -1.79. The van der Waals surface area contributed by atoms with Crippen LogP contribution in [0.2, 0.25) is 0 Å². The molecule has 2 heterocycles. The number of carbonyl (C=O) groups excluding carboxylic acids is 3. The fourth-order valence-corrected chi connectivity index (χ4v) is 3.83. The van der Waals surface area contributed by atoms with Crippen LogP contribution in [0.3, 0.4) is 0 Å². The van der Waals surface area contributed by atoms with E-state index in [9.17, 15) is 39.3 Å². The molecule has 3 rings (SSSR count). The number of phenols is 1. The average molecular weight is 571 g/mol. The number of aromatic hydroxyl groups is 1. The third kappa shape index (κ3) is 9.47. The van der Waals surface area contributed by atoms with Gasteiger partial charge in [0.05, 0.1) is 25.1 Å². The number of carbonyl (C=O) groups is 5. The van der Waals surface area contributed by atoms with Crippen molar-refractivity contribution in [3.8, 4) is 5.75 Å². The standard InChI is InChI=1S/C25H30N8O8/c26-17(5-13-1-3-16(34)4-2-13)22(37)31-18(6-14-9-27-11-29-14)23(38)32-19(8-21(35)36)24(39)33-20(25(40)41)7-15-10-28-12-30-15/h1-4,9-12,17-20,34H,5-8,26H2,(H,27,29)(H,28,30)(H,31,37)(H,32,38)(H,33,39)(H,35,36)(H,40,41). The first kappa shape index (κ1) is 30.3. The maximum atomic E-state index is 13.3. The summed E-state index contributed by atoms with van der Waals surface area (Å²) in [5.74, 6) is -5.45. The summed E-state index contributed by atoms with van der Waals surface area (Å²) >= 11 is 0. The van der Waals surface area contributed by atoms with Gasteiger partial charge >= 0.3 is 11.9 Å². The summed E-state index contributed by atoms with van der Waals surface area (Å²) in [4.78, 5) is 75.4. The largest absolute Gasteiger partial charge is 0.508 e. The van der Waals surface area contributed by atoms with Crippen LogP contribution in [0, 0.1) is 0 Å². The lowest BCUT2D eigenvalue weighted by Gasteiger charge is -2.24. The van der Waals surface area contributed by atoms with Crippen LogP contribution in [0.25, 0.3) is 0 Å². The number of aromatic amines is 2. The molecule has 218 valence electrons. The molecule has 0 saturated carbocycles. The van der Waals surface area contributed by atoms with Gasteiger partial charge in [0.1, 0.15) is 23.9 Å². The van der Waals surface area contributed by atoms with Gasteiger partial charge in [0.25, 0.3) is 0 Å². The molecule has 2 aromatic heterocycles. The number of nitrogens with zero attached hydrogens (tertiary/aromatic N) is 2. The molecule has 0 aliphatic carbocycles. The van der Waals surface area contributed by atoms with Crippen molar-refractivity contribution in [3.05, 3.63) is 66.3 Å². The third-order valence-electron chi connectivity index (χ3n) is 5.95. The minimum Gasteiger partial charge on any atom is -0.508 e. The molecule has 0 saturated heterocycles. The molecule has 1 aromatic carbocycles. The third-order valence-corrected chi connectivity index (χ3v) is 5.95. The van der Waals surface area contributed by atoms with Crippen LogP contribution in [0.4, 0.5) is 0 Å². The smallest absolute Gasteiger partial charge is 0.326 e. The predicted molar refractivity (Wildman–Crippen MR) is 140 cm³/mol. The van der Waals surface area contributed by atoms with Crippen LogP contribution >= 0.6 is 0 Å². The highest BCUT2D eigenvalue weighted by atomic mass is 16.4. The molecule has 41 heavy (non-hydrogen) atoms. The van der Waals surface area contributed by atoms with Gasteiger partial charge in [0.2, 0.25) is 17.7 Å². The van der Waals surface area contributed by atoms with Gasteiger partial charge in [-0.25, -0.2) is 14.8 Å². The zero-order valence-electron chi connectivity index (χ0n) is 21.6. The molecule has 0 bridgehead atoms. The summed E-state index contributed by atoms with van der Waals surface area (Å²) in [5, 5.41) is 35.4. The Labute approximate surface area is 232 Å². The number of aromatic nitrogens is 4. The Bertz CT molecular complexity index is 1330. The van der Waals surface area contributed by atoms with E-state index in [4.69, 9.17) is 5.73 Å². The molecule has 4 unspecified atom stereocenters. The Hall–Kier alpha value is -5.25. The lowest BCUT2D eigenvalue weighted by atomic mass is 10.0. The molecule has 3 aromatic rings. The van der Waals surface area contributed by atoms with Gasteiger partial charge in [0.15, 0.2) is 0 Å². The summed E-state index contributed by atoms with van der Waals surface area (Å²) in [5.41, 5.74) is 7.54. The van der Waals surface area contributed by atoms with Gasteiger partial charge < -0.3 is 47.0 Å². The second kappa shape index (κ2) is 14.2. The number of phenolic OH excluding ortho intramolecular Hbond substituents is 1. The monoisotopic (exact) mass is 570 g/mol. The van der Waals surface area contributed by atoms with E-state index in [0.29, 0.717) is 17.0 Å². The number of aliphatic carboxylic acids is 2. The first-order chi connectivity index (χ1) is 19.5. The van der Waals surface area contributed by atoms with Crippen molar-refractivity contribution in [1.82, 2.24) is 35.9 Å². The maximum Gasteiger partial charge on any atom is 0.326 e. The fourth-order valence-electron chi connectivity index (χ4n) is 3.83. The molecule has 0 aliphatic rings. The molecule has 16 heteroatoms. The number of hydrogen-bond donors (Lipinski definition) is 9. The summed E-state index contributed by atoms with van der Waals surface area (Å²) in [6.07, 6.45) is 4.41. The van der Waals surface area contributed by atoms with Crippen LogP contribution in [0.1, 0.15) is 23.4 Å². The van der Waals surface area contributed by atoms with Gasteiger partial charge in [-0.15, -0.1) is 0 Å². The van der Waals surface area contributed by atoms with Gasteiger partial charge in [-0.05, 0) is 24.1 Å². The summed E-state index contributed by atoms with van der Waals surface area (Å²) in [6.45, 7) is 0. The summed E-state index contributed by atoms with van der Waals surface area (Å²) < 4.78 is 0. The minimum atomic E-state index is -1.67. The second-order valence-corrected chi connectivity index (χ2v) is 9.16. The quantitative estimate of drug-likeness (QED) is 0.0984. The van der Waals surface area contributed by atoms with E-state index < -0.39 is 60.2 Å². The minimum absolute atomic E-state index is 0.0407. The molecule has 0 fully saturated rings. The highest BCUT2D eigenvalue weighted by molar-refractivity contribution is 5.95. The lowest BCUT2D eigenvalue weighted by molar-refractivity contribution is -0.143. The molecule has 4 atom stereocenters. The highest BCUT2D eigenvalue weighted by Gasteiger charge is 2.32. The number of hydrogen-bond acceptors (Lipinski definition) is 9. The Balaban J connectivity index is 1.73. The van der Waals surface area contributed by atoms with E-state index in [1.165, 1.54) is 37.2 Å². The van der Waals surface area contributed by atoms with Crippen molar-refractivity contribution in [2.75, 3.05) is 0 Å². The molecule has 10 N–H and O–H groups in total. The number of nitrogens with one attached hydrogen (secondary N) is 5. The molecule has 0 radical (unpaired) electrons. The van der Waals surface area contributed by atoms with Gasteiger partial charge in [-0.3, -0.25) is 19.2 Å². The summed E-state index contributed by atoms with van der Waals surface area (Å²) in [6, 6.07) is 0.529. The van der Waals surface area contributed by atoms with Gasteiger partial charge in [-0.1, -0.05) is 12.1 Å². The van der Waals surface area contributed by atoms with Crippen LogP contribution in [0.5, 0.6) is 5.75 Å². The van der Waals surface area contributed by atoms with Crippen LogP contribution in [-0.4, -0.2) is 89.1 Å². The number of H-pyrrole nitrogens is 2. The lowest BCUT2D eigenvalue weighted by Crippen LogP contribution is -2.58. The topological polar surface area (TPSA) is 266 Å². The molecule has 0 aliphatic heterocycles. The van der Waals surface area contributed by atoms with Crippen molar-refractivity contribution in [1.29, 1.82) is 0 Å². The van der Waals surface area contributed by atoms with E-state index in [-0.39, 0.29) is 25.0 Å². The van der Waals surface area contributed by atoms with E-state index in [0.717, 1.165) is 0 Å². The first-order valence-electron chi connectivity index (χ1n) is 12.4. The first-order valence-corrected chi connectivity index (χ1v) is 12.4. The van der Waals surface area contributed by atoms with E-state index in [1.54, 1.807) is 12.1 Å². The normalized spacial score (nSPS) is 13.8. The van der Waals surface area contributed by atoms with Crippen molar-refractivity contribution in [2.24, 2.45) is 5.73 Å². The Morgan fingerprint density at radius 2 is 1.27 bits per heavy atom. The number of nitrogens with two attached hydrogens (primary N) is 1. The van der Waals surface area contributed by atoms with Crippen LogP contribution in [-0.2, 0) is 43.2 Å². The Kier molecular flexibility index (Phi) is 10.5. The zero-order chi connectivity index (χ0) is 29.9. The molecule has 0 spiro atoms. The molecular weight excluding hydrogens is 540 g/mol. The van der Waals surface area contributed by atoms with E-state index >= 15 is 0 Å². The van der Waals surface area contributed by atoms with Gasteiger partial charge in [-0.2, -0.15) is 0 Å². The van der Waals surface area contributed by atoms with Crippen LogP contribution < -0.4 is 21.7 Å². The number of carboxylic acid groups (broad SMARTS) is 2. The maximum absolute atomic E-state index is 13.3. The van der Waals surface area contributed by atoms with Crippen LogP contribution in [0.15, 0.2) is 49.3 Å². The molecule has 3 amide bonds. The van der Waals surface area contributed by atoms with E-state index in [2.05, 4.69) is 35.9 Å². The second-order valence-electron chi connectivity index (χ2n) is 9.16. The van der Waals surface area contributed by atoms with E-state index in [1.807, 2.05) is 0 Å². The Morgan fingerprint density at radius 3 is 1.78 bits per heavy atom. The van der Waals surface area contributed by atoms with Crippen molar-refractivity contribution in [3.63, 3.8) is 0 Å². The molecule has 16 nitrogen and oxygen atoms in total. The van der Waals surface area contributed by atoms with Gasteiger partial charge in [0, 0.05) is 36.6 Å².